The number of benzene rings is 1. The van der Waals surface area contributed by atoms with Crippen LogP contribution in [0.5, 0.6) is 0 Å². The number of pyridine rings is 1. The van der Waals surface area contributed by atoms with Gasteiger partial charge in [0, 0.05) is 24.5 Å². The lowest BCUT2D eigenvalue weighted by molar-refractivity contribution is 0.481. The molecule has 5 heteroatoms. The van der Waals surface area contributed by atoms with Gasteiger partial charge in [-0.1, -0.05) is 30.3 Å². The molecule has 0 amide bonds. The van der Waals surface area contributed by atoms with Crippen LogP contribution in [0.15, 0.2) is 54.9 Å². The molecule has 0 spiro atoms. The van der Waals surface area contributed by atoms with Gasteiger partial charge < -0.3 is 5.32 Å². The van der Waals surface area contributed by atoms with E-state index in [0.717, 1.165) is 24.5 Å². The van der Waals surface area contributed by atoms with Crippen LogP contribution in [0.2, 0.25) is 0 Å². The third-order valence-corrected chi connectivity index (χ3v) is 3.73. The highest BCUT2D eigenvalue weighted by molar-refractivity contribution is 5.55. The molecule has 3 aromatic rings. The molecule has 1 aliphatic rings. The van der Waals surface area contributed by atoms with Gasteiger partial charge in [-0.15, -0.1) is 5.10 Å². The van der Waals surface area contributed by atoms with Gasteiger partial charge in [-0.25, -0.2) is 4.68 Å². The SMILES string of the molecule is c1ccc(C2CCNc3nc(-c4cccnc4)nn32)cc1. The van der Waals surface area contributed by atoms with Gasteiger partial charge in [0.1, 0.15) is 0 Å². The van der Waals surface area contributed by atoms with Gasteiger partial charge in [0.15, 0.2) is 5.82 Å². The van der Waals surface area contributed by atoms with Crippen molar-refractivity contribution in [3.05, 3.63) is 60.4 Å². The Bertz CT molecular complexity index is 736. The van der Waals surface area contributed by atoms with E-state index in [0.29, 0.717) is 5.82 Å². The second kappa shape index (κ2) is 5.01. The Morgan fingerprint density at radius 2 is 2.00 bits per heavy atom. The molecule has 5 nitrogen and oxygen atoms in total. The predicted octanol–water partition coefficient (Wildman–Crippen LogP) is 2.75. The molecule has 1 aromatic carbocycles. The summed E-state index contributed by atoms with van der Waals surface area (Å²) < 4.78 is 1.99. The number of hydrogen-bond donors (Lipinski definition) is 1. The first-order valence-electron chi connectivity index (χ1n) is 7.07. The second-order valence-corrected chi connectivity index (χ2v) is 5.09. The Morgan fingerprint density at radius 3 is 2.81 bits per heavy atom. The Hall–Kier alpha value is -2.69. The maximum atomic E-state index is 4.68. The van der Waals surface area contributed by atoms with Crippen LogP contribution < -0.4 is 5.32 Å². The molecule has 3 heterocycles. The summed E-state index contributed by atoms with van der Waals surface area (Å²) in [5.41, 5.74) is 2.20. The molecule has 1 atom stereocenters. The number of anilines is 1. The van der Waals surface area contributed by atoms with Gasteiger partial charge in [0.25, 0.3) is 0 Å². The summed E-state index contributed by atoms with van der Waals surface area (Å²) in [5, 5.41) is 8.00. The Morgan fingerprint density at radius 1 is 1.10 bits per heavy atom. The van der Waals surface area contributed by atoms with Crippen molar-refractivity contribution in [3.8, 4) is 11.4 Å². The Labute approximate surface area is 122 Å². The summed E-state index contributed by atoms with van der Waals surface area (Å²) >= 11 is 0. The van der Waals surface area contributed by atoms with E-state index in [9.17, 15) is 0 Å². The fourth-order valence-electron chi connectivity index (χ4n) is 2.70. The van der Waals surface area contributed by atoms with Gasteiger partial charge in [-0.2, -0.15) is 4.98 Å². The van der Waals surface area contributed by atoms with Crippen LogP contribution in [0, 0.1) is 0 Å². The number of aromatic nitrogens is 4. The van der Waals surface area contributed by atoms with Crippen molar-refractivity contribution in [1.82, 2.24) is 19.7 Å². The zero-order valence-electron chi connectivity index (χ0n) is 11.5. The summed E-state index contributed by atoms with van der Waals surface area (Å²) in [5.74, 6) is 1.54. The van der Waals surface area contributed by atoms with Gasteiger partial charge in [0.2, 0.25) is 5.95 Å². The molecular weight excluding hydrogens is 262 g/mol. The Kier molecular flexibility index (Phi) is 2.88. The Balaban J connectivity index is 1.77. The van der Waals surface area contributed by atoms with E-state index in [-0.39, 0.29) is 6.04 Å². The highest BCUT2D eigenvalue weighted by atomic mass is 15.4. The molecule has 0 bridgehead atoms. The molecule has 0 radical (unpaired) electrons. The topological polar surface area (TPSA) is 55.6 Å². The molecule has 4 rings (SSSR count). The summed E-state index contributed by atoms with van der Waals surface area (Å²) in [4.78, 5) is 8.73. The van der Waals surface area contributed by atoms with Crippen molar-refractivity contribution in [1.29, 1.82) is 0 Å². The summed E-state index contributed by atoms with van der Waals surface area (Å²) in [6, 6.07) is 14.6. The first-order valence-corrected chi connectivity index (χ1v) is 7.07. The molecule has 2 aromatic heterocycles. The fourth-order valence-corrected chi connectivity index (χ4v) is 2.70. The molecule has 0 aliphatic carbocycles. The number of rotatable bonds is 2. The van der Waals surface area contributed by atoms with Crippen molar-refractivity contribution < 1.29 is 0 Å². The van der Waals surface area contributed by atoms with E-state index in [1.165, 1.54) is 5.56 Å². The zero-order chi connectivity index (χ0) is 14.1. The molecule has 21 heavy (non-hydrogen) atoms. The van der Waals surface area contributed by atoms with Crippen molar-refractivity contribution in [2.75, 3.05) is 11.9 Å². The molecule has 104 valence electrons. The summed E-state index contributed by atoms with van der Waals surface area (Å²) in [6.45, 7) is 0.907. The first-order chi connectivity index (χ1) is 10.4. The third-order valence-electron chi connectivity index (χ3n) is 3.73. The number of nitrogens with one attached hydrogen (secondary N) is 1. The van der Waals surface area contributed by atoms with Crippen molar-refractivity contribution in [2.45, 2.75) is 12.5 Å². The number of fused-ring (bicyclic) bond motifs is 1. The molecule has 0 saturated carbocycles. The average molecular weight is 277 g/mol. The van der Waals surface area contributed by atoms with Gasteiger partial charge in [0.05, 0.1) is 6.04 Å². The largest absolute Gasteiger partial charge is 0.354 e. The van der Waals surface area contributed by atoms with E-state index in [4.69, 9.17) is 0 Å². The lowest BCUT2D eigenvalue weighted by Gasteiger charge is -2.24. The van der Waals surface area contributed by atoms with E-state index < -0.39 is 0 Å². The smallest absolute Gasteiger partial charge is 0.222 e. The van der Waals surface area contributed by atoms with Crippen molar-refractivity contribution in [2.24, 2.45) is 0 Å². The molecule has 1 unspecified atom stereocenters. The van der Waals surface area contributed by atoms with E-state index >= 15 is 0 Å². The van der Waals surface area contributed by atoms with Gasteiger partial charge in [-0.05, 0) is 24.1 Å². The highest BCUT2D eigenvalue weighted by Crippen LogP contribution is 2.29. The van der Waals surface area contributed by atoms with Crippen LogP contribution in [0.1, 0.15) is 18.0 Å². The highest BCUT2D eigenvalue weighted by Gasteiger charge is 2.24. The average Bonchev–Trinajstić information content (AvgIpc) is 3.00. The summed E-state index contributed by atoms with van der Waals surface area (Å²) in [7, 11) is 0. The summed E-state index contributed by atoms with van der Waals surface area (Å²) in [6.07, 6.45) is 4.55. The van der Waals surface area contributed by atoms with Crippen molar-refractivity contribution >= 4 is 5.95 Å². The van der Waals surface area contributed by atoms with E-state index in [2.05, 4.69) is 44.6 Å². The van der Waals surface area contributed by atoms with Crippen LogP contribution in [0.4, 0.5) is 5.95 Å². The maximum absolute atomic E-state index is 4.68. The third kappa shape index (κ3) is 2.16. The van der Waals surface area contributed by atoms with Crippen LogP contribution in [0.3, 0.4) is 0 Å². The fraction of sp³-hybridized carbons (Fsp3) is 0.188. The quantitative estimate of drug-likeness (QED) is 0.782. The predicted molar refractivity (Wildman–Crippen MR) is 80.9 cm³/mol. The number of nitrogens with zero attached hydrogens (tertiary/aromatic N) is 4. The minimum atomic E-state index is 0.236. The molecule has 0 fully saturated rings. The molecule has 1 aliphatic heterocycles. The number of hydrogen-bond acceptors (Lipinski definition) is 4. The molecular formula is C16H15N5. The minimum Gasteiger partial charge on any atom is -0.354 e. The van der Waals surface area contributed by atoms with E-state index in [1.807, 2.05) is 22.9 Å². The lowest BCUT2D eigenvalue weighted by atomic mass is 10.0. The second-order valence-electron chi connectivity index (χ2n) is 5.09. The molecule has 0 saturated heterocycles. The van der Waals surface area contributed by atoms with Gasteiger partial charge >= 0.3 is 0 Å². The normalized spacial score (nSPS) is 17.0. The van der Waals surface area contributed by atoms with Crippen LogP contribution in [-0.2, 0) is 0 Å². The first kappa shape index (κ1) is 12.1. The minimum absolute atomic E-state index is 0.236. The zero-order valence-corrected chi connectivity index (χ0v) is 11.5. The van der Waals surface area contributed by atoms with Crippen molar-refractivity contribution in [3.63, 3.8) is 0 Å². The van der Waals surface area contributed by atoms with Crippen LogP contribution in [0.25, 0.3) is 11.4 Å². The molecule has 1 N–H and O–H groups in total. The van der Waals surface area contributed by atoms with Crippen LogP contribution >= 0.6 is 0 Å². The van der Waals surface area contributed by atoms with Crippen LogP contribution in [-0.4, -0.2) is 26.3 Å². The maximum Gasteiger partial charge on any atom is 0.222 e. The lowest BCUT2D eigenvalue weighted by Crippen LogP contribution is -2.24. The standard InChI is InChI=1S/C16H15N5/c1-2-5-12(6-3-1)14-8-10-18-16-19-15(20-21(14)16)13-7-4-9-17-11-13/h1-7,9,11,14H,8,10H2,(H,18,19,20). The van der Waals surface area contributed by atoms with E-state index in [1.54, 1.807) is 12.4 Å². The monoisotopic (exact) mass is 277 g/mol. The van der Waals surface area contributed by atoms with Gasteiger partial charge in [-0.3, -0.25) is 4.98 Å².